The van der Waals surface area contributed by atoms with E-state index in [1.54, 1.807) is 6.20 Å². The topological polar surface area (TPSA) is 40.6 Å². The molecule has 0 radical (unpaired) electrons. The minimum absolute atomic E-state index is 0.122. The summed E-state index contributed by atoms with van der Waals surface area (Å²) in [6, 6.07) is 22.0. The van der Waals surface area contributed by atoms with Crippen molar-refractivity contribution in [2.45, 2.75) is 32.2 Å². The molecule has 1 aliphatic rings. The molecule has 0 amide bonds. The van der Waals surface area contributed by atoms with Crippen molar-refractivity contribution in [3.8, 4) is 22.8 Å². The maximum atomic E-state index is 5.88. The number of aromatic nitrogens is 1. The molecule has 1 atom stereocenters. The van der Waals surface area contributed by atoms with Crippen LogP contribution in [0.5, 0.6) is 11.5 Å². The molecule has 0 bridgehead atoms. The van der Waals surface area contributed by atoms with Gasteiger partial charge < -0.3 is 14.2 Å². The van der Waals surface area contributed by atoms with Crippen LogP contribution in [0.15, 0.2) is 72.9 Å². The van der Waals surface area contributed by atoms with Gasteiger partial charge in [-0.25, -0.2) is 0 Å². The van der Waals surface area contributed by atoms with Crippen molar-refractivity contribution < 1.29 is 14.2 Å². The molecule has 0 saturated carbocycles. The van der Waals surface area contributed by atoms with E-state index in [0.29, 0.717) is 6.61 Å². The molecule has 1 unspecified atom stereocenters. The second-order valence-electron chi connectivity index (χ2n) is 6.59. The van der Waals surface area contributed by atoms with E-state index in [-0.39, 0.29) is 6.29 Å². The molecule has 3 aromatic rings. The number of ether oxygens (including phenoxy) is 3. The molecule has 0 aliphatic carbocycles. The predicted octanol–water partition coefficient (Wildman–Crippen LogP) is 5.23. The lowest BCUT2D eigenvalue weighted by atomic mass is 10.1. The lowest BCUT2D eigenvalue weighted by Gasteiger charge is -2.23. The molecule has 1 aliphatic heterocycles. The van der Waals surface area contributed by atoms with Crippen molar-refractivity contribution >= 4 is 0 Å². The Labute approximate surface area is 159 Å². The van der Waals surface area contributed by atoms with Gasteiger partial charge in [-0.05, 0) is 54.8 Å². The number of nitrogens with zero attached hydrogens (tertiary/aromatic N) is 1. The van der Waals surface area contributed by atoms with Crippen LogP contribution in [0.2, 0.25) is 0 Å². The van der Waals surface area contributed by atoms with Crippen LogP contribution in [-0.2, 0) is 11.3 Å². The smallest absolute Gasteiger partial charge is 0.199 e. The van der Waals surface area contributed by atoms with Crippen LogP contribution >= 0.6 is 0 Å². The summed E-state index contributed by atoms with van der Waals surface area (Å²) >= 11 is 0. The second-order valence-corrected chi connectivity index (χ2v) is 6.59. The average molecular weight is 361 g/mol. The highest BCUT2D eigenvalue weighted by atomic mass is 16.7. The first-order valence-electron chi connectivity index (χ1n) is 9.38. The van der Waals surface area contributed by atoms with E-state index in [1.165, 1.54) is 0 Å². The van der Waals surface area contributed by atoms with Gasteiger partial charge in [0.1, 0.15) is 18.1 Å². The Kier molecular flexibility index (Phi) is 5.65. The fourth-order valence-electron chi connectivity index (χ4n) is 3.04. The standard InChI is InChI=1S/C23H23NO3/c1-2-6-18(7-3-1)17-26-21-13-14-22(24-16-21)19-9-11-20(12-10-19)27-23-8-4-5-15-25-23/h1-3,6-7,9-14,16,23H,4-5,8,15,17H2. The molecular weight excluding hydrogens is 338 g/mol. The van der Waals surface area contributed by atoms with Gasteiger partial charge in [-0.15, -0.1) is 0 Å². The van der Waals surface area contributed by atoms with Crippen LogP contribution in [0.4, 0.5) is 0 Å². The summed E-state index contributed by atoms with van der Waals surface area (Å²) in [4.78, 5) is 4.52. The van der Waals surface area contributed by atoms with E-state index in [1.807, 2.05) is 66.7 Å². The molecule has 4 nitrogen and oxygen atoms in total. The van der Waals surface area contributed by atoms with Crippen LogP contribution in [-0.4, -0.2) is 17.9 Å². The lowest BCUT2D eigenvalue weighted by molar-refractivity contribution is -0.105. The Morgan fingerprint density at radius 1 is 0.889 bits per heavy atom. The van der Waals surface area contributed by atoms with Gasteiger partial charge in [0.05, 0.1) is 18.5 Å². The fraction of sp³-hybridized carbons (Fsp3) is 0.261. The first-order valence-corrected chi connectivity index (χ1v) is 9.38. The van der Waals surface area contributed by atoms with Crippen LogP contribution in [0, 0.1) is 0 Å². The molecular formula is C23H23NO3. The maximum absolute atomic E-state index is 5.88. The van der Waals surface area contributed by atoms with Crippen molar-refractivity contribution in [1.82, 2.24) is 4.98 Å². The summed E-state index contributed by atoms with van der Waals surface area (Å²) in [5.41, 5.74) is 3.09. The Morgan fingerprint density at radius 3 is 2.41 bits per heavy atom. The third-order valence-corrected chi connectivity index (χ3v) is 4.54. The highest BCUT2D eigenvalue weighted by Gasteiger charge is 2.15. The SMILES string of the molecule is c1ccc(COc2ccc(-c3ccc(OC4CCCCO4)cc3)nc2)cc1. The zero-order valence-electron chi connectivity index (χ0n) is 15.2. The number of pyridine rings is 1. The second kappa shape index (κ2) is 8.69. The summed E-state index contributed by atoms with van der Waals surface area (Å²) < 4.78 is 17.3. The molecule has 1 saturated heterocycles. The van der Waals surface area contributed by atoms with Gasteiger partial charge in [0.15, 0.2) is 6.29 Å². The van der Waals surface area contributed by atoms with E-state index in [2.05, 4.69) is 4.98 Å². The largest absolute Gasteiger partial charge is 0.487 e. The maximum Gasteiger partial charge on any atom is 0.199 e. The van der Waals surface area contributed by atoms with E-state index in [9.17, 15) is 0 Å². The molecule has 27 heavy (non-hydrogen) atoms. The molecule has 4 rings (SSSR count). The Bertz CT molecular complexity index is 826. The van der Waals surface area contributed by atoms with Crippen molar-refractivity contribution in [3.63, 3.8) is 0 Å². The van der Waals surface area contributed by atoms with Gasteiger partial charge in [-0.1, -0.05) is 30.3 Å². The molecule has 2 aromatic carbocycles. The van der Waals surface area contributed by atoms with Crippen molar-refractivity contribution in [2.75, 3.05) is 6.61 Å². The third-order valence-electron chi connectivity index (χ3n) is 4.54. The van der Waals surface area contributed by atoms with Crippen molar-refractivity contribution in [3.05, 3.63) is 78.5 Å². The first-order chi connectivity index (χ1) is 13.4. The van der Waals surface area contributed by atoms with Gasteiger partial charge in [-0.2, -0.15) is 0 Å². The van der Waals surface area contributed by atoms with Gasteiger partial charge in [-0.3, -0.25) is 4.98 Å². The quantitative estimate of drug-likeness (QED) is 0.602. The molecule has 2 heterocycles. The third kappa shape index (κ3) is 4.86. The Morgan fingerprint density at radius 2 is 1.70 bits per heavy atom. The monoisotopic (exact) mass is 361 g/mol. The highest BCUT2D eigenvalue weighted by molar-refractivity contribution is 5.60. The molecule has 138 valence electrons. The van der Waals surface area contributed by atoms with Crippen LogP contribution < -0.4 is 9.47 Å². The Hall–Kier alpha value is -2.85. The normalized spacial score (nSPS) is 16.7. The summed E-state index contributed by atoms with van der Waals surface area (Å²) in [7, 11) is 0. The van der Waals surface area contributed by atoms with Gasteiger partial charge in [0.25, 0.3) is 0 Å². The predicted molar refractivity (Wildman–Crippen MR) is 105 cm³/mol. The zero-order chi connectivity index (χ0) is 18.3. The minimum Gasteiger partial charge on any atom is -0.487 e. The van der Waals surface area contributed by atoms with Crippen LogP contribution in [0.25, 0.3) is 11.3 Å². The summed E-state index contributed by atoms with van der Waals surface area (Å²) in [6.07, 6.45) is 4.87. The molecule has 1 fully saturated rings. The van der Waals surface area contributed by atoms with Crippen molar-refractivity contribution in [2.24, 2.45) is 0 Å². The van der Waals surface area contributed by atoms with E-state index >= 15 is 0 Å². The van der Waals surface area contributed by atoms with E-state index < -0.39 is 0 Å². The zero-order valence-corrected chi connectivity index (χ0v) is 15.2. The average Bonchev–Trinajstić information content (AvgIpc) is 2.75. The molecule has 1 aromatic heterocycles. The number of benzene rings is 2. The van der Waals surface area contributed by atoms with Crippen LogP contribution in [0.3, 0.4) is 0 Å². The molecule has 0 N–H and O–H groups in total. The lowest BCUT2D eigenvalue weighted by Crippen LogP contribution is -2.24. The van der Waals surface area contributed by atoms with E-state index in [0.717, 1.165) is 54.2 Å². The van der Waals surface area contributed by atoms with Gasteiger partial charge >= 0.3 is 0 Å². The minimum atomic E-state index is -0.122. The molecule has 0 spiro atoms. The summed E-state index contributed by atoms with van der Waals surface area (Å²) in [5, 5.41) is 0. The number of hydrogen-bond acceptors (Lipinski definition) is 4. The first kappa shape index (κ1) is 17.6. The summed E-state index contributed by atoms with van der Waals surface area (Å²) in [5.74, 6) is 1.59. The fourth-order valence-corrected chi connectivity index (χ4v) is 3.04. The van der Waals surface area contributed by atoms with Gasteiger partial charge in [0, 0.05) is 12.0 Å². The van der Waals surface area contributed by atoms with E-state index in [4.69, 9.17) is 14.2 Å². The highest BCUT2D eigenvalue weighted by Crippen LogP contribution is 2.24. The van der Waals surface area contributed by atoms with Crippen molar-refractivity contribution in [1.29, 1.82) is 0 Å². The summed E-state index contributed by atoms with van der Waals surface area (Å²) in [6.45, 7) is 1.32. The Balaban J connectivity index is 1.35. The van der Waals surface area contributed by atoms with Gasteiger partial charge in [0.2, 0.25) is 0 Å². The number of rotatable bonds is 6. The number of hydrogen-bond donors (Lipinski definition) is 0. The van der Waals surface area contributed by atoms with Crippen LogP contribution in [0.1, 0.15) is 24.8 Å². The molecule has 4 heteroatoms.